The molecule has 0 unspecified atom stereocenters. The fourth-order valence-corrected chi connectivity index (χ4v) is 3.04. The number of halogens is 1. The first-order chi connectivity index (χ1) is 8.58. The molecule has 0 saturated heterocycles. The third kappa shape index (κ3) is 3.07. The molecular weight excluding hydrogens is 330 g/mol. The van der Waals surface area contributed by atoms with Crippen LogP contribution in [0.15, 0.2) is 33.6 Å². The number of hydrogen-bond donors (Lipinski definition) is 1. The van der Waals surface area contributed by atoms with Gasteiger partial charge >= 0.3 is 0 Å². The van der Waals surface area contributed by atoms with Crippen LogP contribution in [0.5, 0.6) is 0 Å². The molecule has 0 atom stereocenters. The number of rotatable bonds is 4. The third-order valence-corrected chi connectivity index (χ3v) is 4.22. The van der Waals surface area contributed by atoms with Gasteiger partial charge < -0.3 is 10.6 Å². The Morgan fingerprint density at radius 3 is 3.00 bits per heavy atom. The summed E-state index contributed by atoms with van der Waals surface area (Å²) in [6, 6.07) is 5.97. The number of nitrogens with zero attached hydrogens (tertiary/aromatic N) is 2. The van der Waals surface area contributed by atoms with Crippen LogP contribution in [0.25, 0.3) is 0 Å². The summed E-state index contributed by atoms with van der Waals surface area (Å²) in [6.07, 6.45) is 1.70. The van der Waals surface area contributed by atoms with Gasteiger partial charge in [-0.05, 0) is 45.1 Å². The number of thiophene rings is 1. The Balaban J connectivity index is 2.23. The second-order valence-corrected chi connectivity index (χ2v) is 6.58. The predicted octanol–water partition coefficient (Wildman–Crippen LogP) is 3.18. The van der Waals surface area contributed by atoms with Crippen molar-refractivity contribution >= 4 is 50.2 Å². The van der Waals surface area contributed by atoms with Gasteiger partial charge in [0.25, 0.3) is 0 Å². The van der Waals surface area contributed by atoms with E-state index in [0.29, 0.717) is 10.7 Å². The first-order valence-corrected chi connectivity index (χ1v) is 7.35. The fraction of sp³-hybridized carbons (Fsp3) is 0.167. The van der Waals surface area contributed by atoms with Crippen LogP contribution in [0, 0.1) is 0 Å². The molecule has 0 fully saturated rings. The molecule has 0 aromatic carbocycles. The molecule has 2 N–H and O–H groups in total. The van der Waals surface area contributed by atoms with Crippen LogP contribution < -0.4 is 10.6 Å². The van der Waals surface area contributed by atoms with Gasteiger partial charge in [0, 0.05) is 19.8 Å². The Hall–Kier alpha value is -0.980. The highest BCUT2D eigenvalue weighted by Gasteiger charge is 2.11. The van der Waals surface area contributed by atoms with Crippen molar-refractivity contribution in [2.75, 3.05) is 11.9 Å². The molecule has 0 saturated carbocycles. The van der Waals surface area contributed by atoms with E-state index in [-0.39, 0.29) is 0 Å². The maximum atomic E-state index is 5.69. The average molecular weight is 342 g/mol. The Labute approximate surface area is 124 Å². The fourth-order valence-electron chi connectivity index (χ4n) is 1.68. The Kier molecular flexibility index (Phi) is 4.31. The summed E-state index contributed by atoms with van der Waals surface area (Å²) in [6.45, 7) is 0.795. The van der Waals surface area contributed by atoms with Crippen molar-refractivity contribution in [2.45, 2.75) is 6.54 Å². The smallest absolute Gasteiger partial charge is 0.124 e. The van der Waals surface area contributed by atoms with Gasteiger partial charge in [-0.25, -0.2) is 0 Å². The van der Waals surface area contributed by atoms with Crippen molar-refractivity contribution in [3.05, 3.63) is 44.8 Å². The lowest BCUT2D eigenvalue weighted by atomic mass is 10.2. The van der Waals surface area contributed by atoms with Gasteiger partial charge in [0.05, 0.1) is 9.47 Å². The van der Waals surface area contributed by atoms with Crippen LogP contribution in [0.4, 0.5) is 5.69 Å². The highest BCUT2D eigenvalue weighted by atomic mass is 79.9. The summed E-state index contributed by atoms with van der Waals surface area (Å²) < 4.78 is 1.13. The van der Waals surface area contributed by atoms with E-state index in [1.165, 1.54) is 5.56 Å². The van der Waals surface area contributed by atoms with Gasteiger partial charge in [-0.3, -0.25) is 4.98 Å². The monoisotopic (exact) mass is 341 g/mol. The van der Waals surface area contributed by atoms with E-state index in [2.05, 4.69) is 37.3 Å². The molecule has 6 heteroatoms. The van der Waals surface area contributed by atoms with E-state index < -0.39 is 0 Å². The maximum Gasteiger partial charge on any atom is 0.124 e. The van der Waals surface area contributed by atoms with Crippen LogP contribution in [0.3, 0.4) is 0 Å². The minimum Gasteiger partial charge on any atom is -0.388 e. The zero-order valence-corrected chi connectivity index (χ0v) is 13.0. The molecule has 0 aliphatic rings. The average Bonchev–Trinajstić information content (AvgIpc) is 2.74. The summed E-state index contributed by atoms with van der Waals surface area (Å²) in [5, 5.41) is 2.12. The molecule has 0 spiro atoms. The lowest BCUT2D eigenvalue weighted by Crippen LogP contribution is -2.22. The van der Waals surface area contributed by atoms with Crippen LogP contribution in [0.2, 0.25) is 0 Å². The van der Waals surface area contributed by atoms with Crippen molar-refractivity contribution in [1.29, 1.82) is 0 Å². The number of thiocarbonyl (C=S) groups is 1. The normalized spacial score (nSPS) is 10.3. The molecule has 18 heavy (non-hydrogen) atoms. The first-order valence-electron chi connectivity index (χ1n) is 5.27. The molecule has 0 aliphatic heterocycles. The maximum absolute atomic E-state index is 5.69. The van der Waals surface area contributed by atoms with Gasteiger partial charge in [0.1, 0.15) is 10.7 Å². The largest absolute Gasteiger partial charge is 0.388 e. The Morgan fingerprint density at radius 1 is 1.61 bits per heavy atom. The highest BCUT2D eigenvalue weighted by Crippen LogP contribution is 2.24. The van der Waals surface area contributed by atoms with Crippen molar-refractivity contribution in [3.8, 4) is 0 Å². The number of hydrogen-bond acceptors (Lipinski definition) is 4. The molecule has 2 rings (SSSR count). The Bertz CT molecular complexity index is 568. The van der Waals surface area contributed by atoms with Crippen LogP contribution >= 0.6 is 39.5 Å². The minimum atomic E-state index is 0.323. The van der Waals surface area contributed by atoms with Crippen molar-refractivity contribution in [1.82, 2.24) is 4.98 Å². The van der Waals surface area contributed by atoms with E-state index in [1.54, 1.807) is 17.5 Å². The van der Waals surface area contributed by atoms with Gasteiger partial charge in [-0.15, -0.1) is 11.3 Å². The molecule has 0 bridgehead atoms. The van der Waals surface area contributed by atoms with E-state index >= 15 is 0 Å². The molecule has 2 aromatic rings. The van der Waals surface area contributed by atoms with E-state index in [4.69, 9.17) is 18.0 Å². The summed E-state index contributed by atoms with van der Waals surface area (Å²) >= 11 is 10.2. The SMILES string of the molecule is CN(Cc1csc(Br)c1)c1cccnc1C(N)=S. The quantitative estimate of drug-likeness (QED) is 0.867. The first kappa shape index (κ1) is 13.5. The molecule has 94 valence electrons. The van der Waals surface area contributed by atoms with E-state index in [9.17, 15) is 0 Å². The molecule has 3 nitrogen and oxygen atoms in total. The molecule has 0 aliphatic carbocycles. The number of nitrogens with two attached hydrogens (primary N) is 1. The van der Waals surface area contributed by atoms with Crippen molar-refractivity contribution < 1.29 is 0 Å². The third-order valence-electron chi connectivity index (χ3n) is 2.47. The number of aromatic nitrogens is 1. The predicted molar refractivity (Wildman–Crippen MR) is 84.3 cm³/mol. The molecule has 2 heterocycles. The Morgan fingerprint density at radius 2 is 2.39 bits per heavy atom. The number of anilines is 1. The van der Waals surface area contributed by atoms with Crippen molar-refractivity contribution in [2.24, 2.45) is 5.73 Å². The molecule has 0 radical (unpaired) electrons. The standard InChI is InChI=1S/C12H12BrN3S2/c1-16(6-8-5-10(13)18-7-8)9-3-2-4-15-11(9)12(14)17/h2-5,7H,6H2,1H3,(H2,14,17). The van der Waals surface area contributed by atoms with Crippen LogP contribution in [-0.4, -0.2) is 17.0 Å². The van der Waals surface area contributed by atoms with Gasteiger partial charge in [0.15, 0.2) is 0 Å². The van der Waals surface area contributed by atoms with Gasteiger partial charge in [0.2, 0.25) is 0 Å². The second-order valence-electron chi connectivity index (χ2n) is 3.85. The topological polar surface area (TPSA) is 42.2 Å². The summed E-state index contributed by atoms with van der Waals surface area (Å²) in [5.74, 6) is 0. The summed E-state index contributed by atoms with van der Waals surface area (Å²) in [4.78, 5) is 6.65. The second kappa shape index (κ2) is 5.77. The van der Waals surface area contributed by atoms with Gasteiger partial charge in [-0.1, -0.05) is 12.2 Å². The summed E-state index contributed by atoms with van der Waals surface area (Å²) in [5.41, 5.74) is 8.55. The summed E-state index contributed by atoms with van der Waals surface area (Å²) in [7, 11) is 2.00. The lowest BCUT2D eigenvalue weighted by Gasteiger charge is -2.20. The molecule has 0 amide bonds. The highest BCUT2D eigenvalue weighted by molar-refractivity contribution is 9.11. The zero-order valence-electron chi connectivity index (χ0n) is 9.76. The lowest BCUT2D eigenvalue weighted by molar-refractivity contribution is 0.919. The molecule has 2 aromatic heterocycles. The van der Waals surface area contributed by atoms with Crippen LogP contribution in [-0.2, 0) is 6.54 Å². The van der Waals surface area contributed by atoms with E-state index in [1.807, 2.05) is 19.2 Å². The minimum absolute atomic E-state index is 0.323. The van der Waals surface area contributed by atoms with E-state index in [0.717, 1.165) is 16.0 Å². The zero-order chi connectivity index (χ0) is 13.1. The molecular formula is C12H12BrN3S2. The van der Waals surface area contributed by atoms with Crippen molar-refractivity contribution in [3.63, 3.8) is 0 Å². The number of pyridine rings is 1. The van der Waals surface area contributed by atoms with Gasteiger partial charge in [-0.2, -0.15) is 0 Å². The van der Waals surface area contributed by atoms with Crippen LogP contribution in [0.1, 0.15) is 11.3 Å².